The molecule has 0 radical (unpaired) electrons. The highest BCUT2D eigenvalue weighted by Crippen LogP contribution is 2.23. The molecule has 0 aromatic heterocycles. The van der Waals surface area contributed by atoms with Crippen LogP contribution >= 0.6 is 0 Å². The van der Waals surface area contributed by atoms with Crippen molar-refractivity contribution >= 4 is 17.5 Å². The zero-order valence-corrected chi connectivity index (χ0v) is 18.0. The quantitative estimate of drug-likeness (QED) is 0.265. The van der Waals surface area contributed by atoms with Gasteiger partial charge in [0.15, 0.2) is 0 Å². The number of anilines is 1. The molecule has 0 unspecified atom stereocenters. The third-order valence-corrected chi connectivity index (χ3v) is 4.60. The van der Waals surface area contributed by atoms with Crippen LogP contribution < -0.4 is 9.64 Å². The third kappa shape index (κ3) is 5.89. The van der Waals surface area contributed by atoms with Gasteiger partial charge in [0.1, 0.15) is 18.1 Å². The lowest BCUT2D eigenvalue weighted by atomic mass is 10.1. The lowest BCUT2D eigenvalue weighted by Crippen LogP contribution is -2.31. The molecule has 0 atom stereocenters. The predicted octanol–water partition coefficient (Wildman–Crippen LogP) is 5.63. The van der Waals surface area contributed by atoms with E-state index in [9.17, 15) is 4.79 Å². The number of hydrogen-bond acceptors (Lipinski definition) is 5. The number of rotatable bonds is 8. The minimum Gasteiger partial charge on any atom is -0.457 e. The number of carbonyl (C=O) groups is 1. The Balaban J connectivity index is 1.66. The van der Waals surface area contributed by atoms with E-state index >= 15 is 0 Å². The molecule has 3 rings (SSSR count). The van der Waals surface area contributed by atoms with E-state index in [0.29, 0.717) is 11.4 Å². The van der Waals surface area contributed by atoms with Crippen molar-refractivity contribution in [2.45, 2.75) is 13.5 Å². The normalized spacial score (nSPS) is 10.7. The van der Waals surface area contributed by atoms with Crippen molar-refractivity contribution in [3.8, 4) is 23.8 Å². The third-order valence-electron chi connectivity index (χ3n) is 4.60. The lowest BCUT2D eigenvalue weighted by molar-refractivity contribution is 0.130. The molecule has 0 heterocycles. The van der Waals surface area contributed by atoms with E-state index in [-0.39, 0.29) is 13.2 Å². The summed E-state index contributed by atoms with van der Waals surface area (Å²) in [6.45, 7) is 2.11. The van der Waals surface area contributed by atoms with Crippen molar-refractivity contribution in [3.05, 3.63) is 90.0 Å². The van der Waals surface area contributed by atoms with Crippen LogP contribution in [0.1, 0.15) is 18.1 Å². The van der Waals surface area contributed by atoms with Crippen LogP contribution in [0.25, 0.3) is 0 Å². The Morgan fingerprint density at radius 1 is 0.969 bits per heavy atom. The summed E-state index contributed by atoms with van der Waals surface area (Å²) < 4.78 is 10.6. The number of amides is 1. The van der Waals surface area contributed by atoms with Crippen molar-refractivity contribution in [3.63, 3.8) is 0 Å². The summed E-state index contributed by atoms with van der Waals surface area (Å²) in [4.78, 5) is 19.0. The summed E-state index contributed by atoms with van der Waals surface area (Å²) >= 11 is 0. The summed E-state index contributed by atoms with van der Waals surface area (Å²) in [5.74, 6) is 3.98. The molecule has 0 spiro atoms. The molecular weight excluding hydrogens is 404 g/mol. The molecule has 162 valence electrons. The standard InChI is InChI=1S/C26H24N2O4/c1-4-18-28(26(29)30-3)25-13-9-8-10-22(25)19-31-27-20(2)21-14-16-24(17-15-21)32-23-11-6-5-7-12-23/h1,5-17H,18-19H2,2-3H3/b27-20+. The number of carbonyl (C=O) groups excluding carboxylic acids is 1. The van der Waals surface area contributed by atoms with Gasteiger partial charge in [0.2, 0.25) is 0 Å². The van der Waals surface area contributed by atoms with Gasteiger partial charge < -0.3 is 14.3 Å². The first-order chi connectivity index (χ1) is 15.6. The topological polar surface area (TPSA) is 60.4 Å². The summed E-state index contributed by atoms with van der Waals surface area (Å²) in [5, 5.41) is 4.22. The number of nitrogens with zero attached hydrogens (tertiary/aromatic N) is 2. The first-order valence-electron chi connectivity index (χ1n) is 9.99. The predicted molar refractivity (Wildman–Crippen MR) is 125 cm³/mol. The van der Waals surface area contributed by atoms with E-state index in [1.165, 1.54) is 12.0 Å². The van der Waals surface area contributed by atoms with Gasteiger partial charge in [0, 0.05) is 5.56 Å². The number of para-hydroxylation sites is 2. The van der Waals surface area contributed by atoms with Gasteiger partial charge in [-0.3, -0.25) is 4.90 Å². The fourth-order valence-electron chi connectivity index (χ4n) is 2.99. The minimum absolute atomic E-state index is 0.0867. The monoisotopic (exact) mass is 428 g/mol. The van der Waals surface area contributed by atoms with Gasteiger partial charge in [-0.25, -0.2) is 4.79 Å². The summed E-state index contributed by atoms with van der Waals surface area (Å²) in [6, 6.07) is 24.5. The van der Waals surface area contributed by atoms with Crippen LogP contribution in [-0.2, 0) is 16.2 Å². The van der Waals surface area contributed by atoms with E-state index < -0.39 is 6.09 Å². The minimum atomic E-state index is -0.534. The van der Waals surface area contributed by atoms with Crippen LogP contribution in [0, 0.1) is 12.3 Å². The first-order valence-corrected chi connectivity index (χ1v) is 9.99. The van der Waals surface area contributed by atoms with Crippen molar-refractivity contribution < 1.29 is 19.1 Å². The van der Waals surface area contributed by atoms with Crippen LogP contribution in [-0.4, -0.2) is 25.5 Å². The Morgan fingerprint density at radius 3 is 2.31 bits per heavy atom. The maximum atomic E-state index is 12.1. The molecule has 0 bridgehead atoms. The first kappa shape index (κ1) is 22.4. The molecule has 0 N–H and O–H groups in total. The second-order valence-corrected chi connectivity index (χ2v) is 6.78. The molecule has 0 saturated heterocycles. The second kappa shape index (κ2) is 11.2. The SMILES string of the molecule is C#CCN(C(=O)OC)c1ccccc1CO/N=C(\C)c1ccc(Oc2ccccc2)cc1. The van der Waals surface area contributed by atoms with Gasteiger partial charge in [-0.2, -0.15) is 0 Å². The Labute approximate surface area is 188 Å². The van der Waals surface area contributed by atoms with Crippen LogP contribution in [0.2, 0.25) is 0 Å². The van der Waals surface area contributed by atoms with Gasteiger partial charge in [0.05, 0.1) is 25.1 Å². The van der Waals surface area contributed by atoms with E-state index in [1.807, 2.05) is 79.7 Å². The Morgan fingerprint density at radius 2 is 1.62 bits per heavy atom. The Kier molecular flexibility index (Phi) is 7.88. The van der Waals surface area contributed by atoms with Gasteiger partial charge >= 0.3 is 6.09 Å². The number of methoxy groups -OCH3 is 1. The molecule has 0 fully saturated rings. The maximum Gasteiger partial charge on any atom is 0.414 e. The lowest BCUT2D eigenvalue weighted by Gasteiger charge is -2.21. The average Bonchev–Trinajstić information content (AvgIpc) is 2.83. The summed E-state index contributed by atoms with van der Waals surface area (Å²) in [6.07, 6.45) is 4.87. The van der Waals surface area contributed by atoms with E-state index in [4.69, 9.17) is 20.7 Å². The van der Waals surface area contributed by atoms with Crippen molar-refractivity contribution in [2.24, 2.45) is 5.16 Å². The number of benzene rings is 3. The zero-order valence-electron chi connectivity index (χ0n) is 18.0. The average molecular weight is 428 g/mol. The number of hydrogen-bond donors (Lipinski definition) is 0. The summed E-state index contributed by atoms with van der Waals surface area (Å²) in [5.41, 5.74) is 2.99. The van der Waals surface area contributed by atoms with Gasteiger partial charge in [0.25, 0.3) is 0 Å². The molecule has 3 aromatic rings. The smallest absolute Gasteiger partial charge is 0.414 e. The molecule has 1 amide bonds. The highest BCUT2D eigenvalue weighted by Gasteiger charge is 2.18. The van der Waals surface area contributed by atoms with Crippen LogP contribution in [0.3, 0.4) is 0 Å². The molecule has 0 aliphatic carbocycles. The van der Waals surface area contributed by atoms with Gasteiger partial charge in [-0.1, -0.05) is 47.5 Å². The Hall–Kier alpha value is -4.24. The highest BCUT2D eigenvalue weighted by molar-refractivity contribution is 5.98. The van der Waals surface area contributed by atoms with Crippen LogP contribution in [0.15, 0.2) is 84.0 Å². The molecule has 0 saturated carbocycles. The van der Waals surface area contributed by atoms with Gasteiger partial charge in [-0.15, -0.1) is 6.42 Å². The number of oxime groups is 1. The van der Waals surface area contributed by atoms with Crippen molar-refractivity contribution in [1.29, 1.82) is 0 Å². The van der Waals surface area contributed by atoms with Crippen molar-refractivity contribution in [2.75, 3.05) is 18.6 Å². The molecule has 0 aliphatic heterocycles. The fourth-order valence-corrected chi connectivity index (χ4v) is 2.99. The van der Waals surface area contributed by atoms with Gasteiger partial charge in [-0.05, 0) is 55.0 Å². The largest absolute Gasteiger partial charge is 0.457 e. The molecule has 6 heteroatoms. The molecule has 32 heavy (non-hydrogen) atoms. The molecule has 3 aromatic carbocycles. The Bertz CT molecular complexity index is 1100. The number of ether oxygens (including phenoxy) is 2. The van der Waals surface area contributed by atoms with E-state index in [0.717, 1.165) is 22.6 Å². The molecular formula is C26H24N2O4. The fraction of sp³-hybridized carbons (Fsp3) is 0.154. The molecule has 0 aliphatic rings. The van der Waals surface area contributed by atoms with Crippen LogP contribution in [0.4, 0.5) is 10.5 Å². The second-order valence-electron chi connectivity index (χ2n) is 6.78. The molecule has 6 nitrogen and oxygen atoms in total. The van der Waals surface area contributed by atoms with E-state index in [2.05, 4.69) is 11.1 Å². The van der Waals surface area contributed by atoms with E-state index in [1.54, 1.807) is 6.07 Å². The number of terminal acetylenes is 1. The maximum absolute atomic E-state index is 12.1. The van der Waals surface area contributed by atoms with Crippen LogP contribution in [0.5, 0.6) is 11.5 Å². The van der Waals surface area contributed by atoms with Crippen molar-refractivity contribution in [1.82, 2.24) is 0 Å². The highest BCUT2D eigenvalue weighted by atomic mass is 16.6. The summed E-state index contributed by atoms with van der Waals surface area (Å²) in [7, 11) is 1.31. The zero-order chi connectivity index (χ0) is 22.8.